The van der Waals surface area contributed by atoms with Crippen LogP contribution in [-0.2, 0) is 21.2 Å². The number of hydrogen-bond acceptors (Lipinski definition) is 6. The molecule has 5 aromatic rings. The van der Waals surface area contributed by atoms with Gasteiger partial charge in [-0.1, -0.05) is 17.7 Å². The first-order chi connectivity index (χ1) is 16.4. The molecule has 5 rings (SSSR count). The monoisotopic (exact) mass is 476 g/mol. The van der Waals surface area contributed by atoms with Crippen LogP contribution in [0.15, 0.2) is 71.9 Å². The van der Waals surface area contributed by atoms with Gasteiger partial charge in [0.2, 0.25) is 0 Å². The van der Waals surface area contributed by atoms with E-state index in [2.05, 4.69) is 4.98 Å². The molecule has 0 aliphatic rings. The highest BCUT2D eigenvalue weighted by Crippen LogP contribution is 2.30. The van der Waals surface area contributed by atoms with Crippen LogP contribution in [0.2, 0.25) is 0 Å². The Hall–Kier alpha value is -3.69. The van der Waals surface area contributed by atoms with E-state index < -0.39 is 10.0 Å². The van der Waals surface area contributed by atoms with Gasteiger partial charge in [-0.2, -0.15) is 0 Å². The lowest BCUT2D eigenvalue weighted by molar-refractivity contribution is 0.200. The van der Waals surface area contributed by atoms with Crippen molar-refractivity contribution < 1.29 is 17.9 Å². The van der Waals surface area contributed by atoms with Gasteiger partial charge in [0.25, 0.3) is 10.0 Å². The molecule has 0 aliphatic carbocycles. The van der Waals surface area contributed by atoms with Crippen molar-refractivity contribution >= 4 is 26.7 Å². The molecule has 3 heterocycles. The number of rotatable bonds is 7. The Morgan fingerprint density at radius 3 is 2.35 bits per heavy atom. The van der Waals surface area contributed by atoms with Gasteiger partial charge in [0.15, 0.2) is 5.65 Å². The fourth-order valence-corrected chi connectivity index (χ4v) is 5.32. The van der Waals surface area contributed by atoms with Crippen molar-refractivity contribution in [1.82, 2.24) is 18.3 Å². The van der Waals surface area contributed by atoms with Gasteiger partial charge >= 0.3 is 0 Å². The zero-order valence-corrected chi connectivity index (χ0v) is 19.9. The number of hydrogen-bond donors (Lipinski definition) is 0. The van der Waals surface area contributed by atoms with Crippen LogP contribution in [0.3, 0.4) is 0 Å². The molecule has 34 heavy (non-hydrogen) atoms. The van der Waals surface area contributed by atoms with E-state index in [1.165, 1.54) is 3.97 Å². The first-order valence-corrected chi connectivity index (χ1v) is 12.2. The third-order valence-corrected chi connectivity index (χ3v) is 7.49. The molecule has 0 aliphatic heterocycles. The molecule has 0 saturated carbocycles. The summed E-state index contributed by atoms with van der Waals surface area (Å²) in [5.41, 5.74) is 4.45. The predicted octanol–water partition coefficient (Wildman–Crippen LogP) is 4.09. The molecule has 0 fully saturated rings. The lowest BCUT2D eigenvalue weighted by atomic mass is 10.1. The van der Waals surface area contributed by atoms with E-state index in [9.17, 15) is 8.42 Å². The minimum absolute atomic E-state index is 0.210. The van der Waals surface area contributed by atoms with Gasteiger partial charge in [0, 0.05) is 25.3 Å². The maximum Gasteiger partial charge on any atom is 0.269 e. The summed E-state index contributed by atoms with van der Waals surface area (Å²) in [6.07, 6.45) is 3.77. The van der Waals surface area contributed by atoms with Crippen molar-refractivity contribution in [3.63, 3.8) is 0 Å². The van der Waals surface area contributed by atoms with Crippen LogP contribution in [0.4, 0.5) is 0 Å². The Morgan fingerprint density at radius 1 is 0.941 bits per heavy atom. The average Bonchev–Trinajstić information content (AvgIpc) is 3.45. The molecule has 0 amide bonds. The third kappa shape index (κ3) is 3.63. The molecule has 174 valence electrons. The van der Waals surface area contributed by atoms with E-state index in [0.29, 0.717) is 24.2 Å². The molecular formula is C25H24N4O4S. The van der Waals surface area contributed by atoms with Crippen LogP contribution >= 0.6 is 0 Å². The fraction of sp³-hybridized carbons (Fsp3) is 0.200. The summed E-state index contributed by atoms with van der Waals surface area (Å²) in [5.74, 6) is 1.52. The first kappa shape index (κ1) is 22.1. The molecule has 0 bridgehead atoms. The van der Waals surface area contributed by atoms with E-state index in [-0.39, 0.29) is 4.90 Å². The van der Waals surface area contributed by atoms with Gasteiger partial charge in [-0.3, -0.25) is 4.40 Å². The minimum atomic E-state index is -3.81. The predicted molar refractivity (Wildman–Crippen MR) is 130 cm³/mol. The Labute approximate surface area is 197 Å². The Morgan fingerprint density at radius 2 is 1.68 bits per heavy atom. The molecule has 0 spiro atoms. The van der Waals surface area contributed by atoms with Crippen LogP contribution < -0.4 is 4.74 Å². The maximum atomic E-state index is 13.4. The molecule has 0 radical (unpaired) electrons. The molecule has 0 N–H and O–H groups in total. The first-order valence-electron chi connectivity index (χ1n) is 10.8. The van der Waals surface area contributed by atoms with Crippen LogP contribution in [0.25, 0.3) is 27.9 Å². The van der Waals surface area contributed by atoms with Gasteiger partial charge in [0.1, 0.15) is 11.6 Å². The summed E-state index contributed by atoms with van der Waals surface area (Å²) in [6, 6.07) is 16.2. The maximum absolute atomic E-state index is 13.4. The second kappa shape index (κ2) is 8.58. The van der Waals surface area contributed by atoms with E-state index in [1.807, 2.05) is 35.6 Å². The molecule has 2 aromatic carbocycles. The Kier molecular flexibility index (Phi) is 5.59. The van der Waals surface area contributed by atoms with Crippen molar-refractivity contribution in [3.05, 3.63) is 78.4 Å². The molecule has 0 saturated heterocycles. The Bertz CT molecular complexity index is 1580. The summed E-state index contributed by atoms with van der Waals surface area (Å²) in [6.45, 7) is 2.40. The van der Waals surface area contributed by atoms with Crippen molar-refractivity contribution in [2.75, 3.05) is 20.8 Å². The van der Waals surface area contributed by atoms with Crippen molar-refractivity contribution in [2.24, 2.45) is 0 Å². The van der Waals surface area contributed by atoms with Crippen LogP contribution in [0.1, 0.15) is 11.4 Å². The number of ether oxygens (including phenoxy) is 2. The molecule has 3 aromatic heterocycles. The highest BCUT2D eigenvalue weighted by molar-refractivity contribution is 7.90. The van der Waals surface area contributed by atoms with E-state index in [1.54, 1.807) is 56.9 Å². The largest absolute Gasteiger partial charge is 0.497 e. The quantitative estimate of drug-likeness (QED) is 0.352. The van der Waals surface area contributed by atoms with Crippen molar-refractivity contribution in [3.8, 4) is 17.0 Å². The van der Waals surface area contributed by atoms with Gasteiger partial charge in [0.05, 0.1) is 41.5 Å². The van der Waals surface area contributed by atoms with Crippen LogP contribution in [-0.4, -0.2) is 47.6 Å². The minimum Gasteiger partial charge on any atom is -0.497 e. The van der Waals surface area contributed by atoms with Crippen LogP contribution in [0.5, 0.6) is 5.75 Å². The highest BCUT2D eigenvalue weighted by Gasteiger charge is 2.23. The third-order valence-electron chi connectivity index (χ3n) is 5.81. The molecule has 0 unspecified atom stereocenters. The lowest BCUT2D eigenvalue weighted by Gasteiger charge is -2.08. The number of aromatic nitrogens is 4. The Balaban J connectivity index is 1.71. The van der Waals surface area contributed by atoms with Gasteiger partial charge in [-0.05, 0) is 49.4 Å². The van der Waals surface area contributed by atoms with Crippen molar-refractivity contribution in [2.45, 2.75) is 18.2 Å². The fourth-order valence-electron chi connectivity index (χ4n) is 4.03. The smallest absolute Gasteiger partial charge is 0.269 e. The number of imidazole rings is 1. The normalized spacial score (nSPS) is 12.0. The number of benzene rings is 2. The summed E-state index contributed by atoms with van der Waals surface area (Å²) >= 11 is 0. The molecule has 0 atom stereocenters. The zero-order valence-electron chi connectivity index (χ0n) is 19.1. The second-order valence-electron chi connectivity index (χ2n) is 7.97. The van der Waals surface area contributed by atoms with Gasteiger partial charge in [-0.25, -0.2) is 22.4 Å². The summed E-state index contributed by atoms with van der Waals surface area (Å²) in [5, 5.41) is 0. The van der Waals surface area contributed by atoms with Gasteiger partial charge in [-0.15, -0.1) is 0 Å². The van der Waals surface area contributed by atoms with Crippen LogP contribution in [0, 0.1) is 6.92 Å². The van der Waals surface area contributed by atoms with Gasteiger partial charge < -0.3 is 9.47 Å². The number of methoxy groups -OCH3 is 2. The van der Waals surface area contributed by atoms with E-state index in [0.717, 1.165) is 33.9 Å². The lowest BCUT2D eigenvalue weighted by Crippen LogP contribution is -2.13. The second-order valence-corrected chi connectivity index (χ2v) is 9.78. The summed E-state index contributed by atoms with van der Waals surface area (Å²) < 4.78 is 40.5. The molecule has 8 nitrogen and oxygen atoms in total. The topological polar surface area (TPSA) is 87.7 Å². The SMILES string of the molecule is COCCc1nc(-c2ccc(OC)cc2)c2cnc3c(ccn3S(=O)(=O)c3ccc(C)cc3)n12. The average molecular weight is 477 g/mol. The molecular weight excluding hydrogens is 452 g/mol. The van der Waals surface area contributed by atoms with E-state index in [4.69, 9.17) is 14.5 Å². The number of aryl methyl sites for hydroxylation is 1. The molecule has 9 heteroatoms. The van der Waals surface area contributed by atoms with E-state index >= 15 is 0 Å². The van der Waals surface area contributed by atoms with Crippen molar-refractivity contribution in [1.29, 1.82) is 0 Å². The zero-order chi connectivity index (χ0) is 23.9. The standard InChI is InChI=1S/C25H24N4O4S/c1-17-4-10-20(11-5-17)34(30,31)28-14-12-21-25(28)26-16-22-24(18-6-8-19(33-3)9-7-18)27-23(29(21)22)13-15-32-2/h4-12,14,16H,13,15H2,1-3H3. The summed E-state index contributed by atoms with van der Waals surface area (Å²) in [7, 11) is -0.543. The highest BCUT2D eigenvalue weighted by atomic mass is 32.2. The number of nitrogens with zero attached hydrogens (tertiary/aromatic N) is 4. The number of fused-ring (bicyclic) bond motifs is 3. The summed E-state index contributed by atoms with van der Waals surface area (Å²) in [4.78, 5) is 9.65.